The molecule has 0 aliphatic carbocycles. The summed E-state index contributed by atoms with van der Waals surface area (Å²) in [5.41, 5.74) is 1.79. The molecule has 11 heteroatoms. The minimum Gasteiger partial charge on any atom is -0.493 e. The van der Waals surface area contributed by atoms with Crippen LogP contribution in [0, 0.1) is 6.92 Å². The number of hydrogen-bond acceptors (Lipinski definition) is 7. The third-order valence-corrected chi connectivity index (χ3v) is 7.51. The van der Waals surface area contributed by atoms with Gasteiger partial charge in [0.25, 0.3) is 0 Å². The van der Waals surface area contributed by atoms with Crippen molar-refractivity contribution in [1.82, 2.24) is 4.31 Å². The maximum Gasteiger partial charge on any atom is 0.340 e. The molecule has 0 aromatic heterocycles. The van der Waals surface area contributed by atoms with Gasteiger partial charge >= 0.3 is 5.97 Å². The molecule has 0 saturated carbocycles. The Bertz CT molecular complexity index is 1380. The third kappa shape index (κ3) is 6.79. The second kappa shape index (κ2) is 12.1. The van der Waals surface area contributed by atoms with Crippen LogP contribution in [0.15, 0.2) is 65.6 Å². The molecule has 0 bridgehead atoms. The zero-order valence-corrected chi connectivity index (χ0v) is 22.4. The molecular weight excluding hydrogens is 520 g/mol. The van der Waals surface area contributed by atoms with Crippen molar-refractivity contribution >= 4 is 39.2 Å². The molecule has 0 aliphatic heterocycles. The highest BCUT2D eigenvalue weighted by atomic mass is 35.5. The second-order valence-electron chi connectivity index (χ2n) is 8.01. The number of rotatable bonds is 10. The fraction of sp³-hybridized carbons (Fsp3) is 0.231. The molecule has 1 N–H and O–H groups in total. The maximum absolute atomic E-state index is 13.5. The summed E-state index contributed by atoms with van der Waals surface area (Å²) >= 11 is 5.93. The van der Waals surface area contributed by atoms with Crippen LogP contribution in [0.1, 0.15) is 21.5 Å². The quantitative estimate of drug-likeness (QED) is 0.378. The summed E-state index contributed by atoms with van der Waals surface area (Å²) in [6, 6.07) is 15.8. The Balaban J connectivity index is 1.96. The summed E-state index contributed by atoms with van der Waals surface area (Å²) in [7, 11) is -0.0790. The average Bonchev–Trinajstić information content (AvgIpc) is 2.89. The Morgan fingerprint density at radius 1 is 0.919 bits per heavy atom. The first-order valence-electron chi connectivity index (χ1n) is 11.0. The number of ether oxygens (including phenoxy) is 3. The lowest BCUT2D eigenvalue weighted by Gasteiger charge is -2.23. The van der Waals surface area contributed by atoms with Gasteiger partial charge in [0.2, 0.25) is 15.9 Å². The predicted octanol–water partition coefficient (Wildman–Crippen LogP) is 4.28. The van der Waals surface area contributed by atoms with Crippen molar-refractivity contribution in [1.29, 1.82) is 0 Å². The van der Waals surface area contributed by atoms with Gasteiger partial charge in [-0.1, -0.05) is 41.4 Å². The first kappa shape index (κ1) is 28.0. The van der Waals surface area contributed by atoms with Gasteiger partial charge in [-0.05, 0) is 36.8 Å². The largest absolute Gasteiger partial charge is 0.493 e. The van der Waals surface area contributed by atoms with Crippen molar-refractivity contribution in [2.45, 2.75) is 18.4 Å². The molecule has 9 nitrogen and oxygen atoms in total. The molecule has 0 heterocycles. The number of amides is 1. The molecule has 0 aliphatic rings. The fourth-order valence-corrected chi connectivity index (χ4v) is 5.00. The number of benzene rings is 3. The summed E-state index contributed by atoms with van der Waals surface area (Å²) in [5.74, 6) is -0.883. The third-order valence-electron chi connectivity index (χ3n) is 5.45. The van der Waals surface area contributed by atoms with Gasteiger partial charge < -0.3 is 19.5 Å². The number of anilines is 1. The number of sulfonamides is 1. The van der Waals surface area contributed by atoms with Gasteiger partial charge in [0.1, 0.15) is 0 Å². The summed E-state index contributed by atoms with van der Waals surface area (Å²) in [4.78, 5) is 25.5. The molecular formula is C26H27ClN2O7S. The number of nitrogens with one attached hydrogen (secondary N) is 1. The van der Waals surface area contributed by atoms with Crippen LogP contribution in [-0.4, -0.2) is 52.5 Å². The molecule has 0 unspecified atom stereocenters. The number of carbonyl (C=O) groups excluding carboxylic acids is 2. The monoisotopic (exact) mass is 546 g/mol. The van der Waals surface area contributed by atoms with Gasteiger partial charge in [-0.15, -0.1) is 0 Å². The predicted molar refractivity (Wildman–Crippen MR) is 140 cm³/mol. The zero-order valence-electron chi connectivity index (χ0n) is 20.8. The van der Waals surface area contributed by atoms with E-state index in [0.29, 0.717) is 10.6 Å². The molecule has 0 fully saturated rings. The van der Waals surface area contributed by atoms with E-state index in [1.807, 2.05) is 19.1 Å². The number of esters is 1. The lowest BCUT2D eigenvalue weighted by atomic mass is 10.1. The first-order valence-corrected chi connectivity index (χ1v) is 12.9. The average molecular weight is 547 g/mol. The Kier molecular flexibility index (Phi) is 9.14. The fourth-order valence-electron chi connectivity index (χ4n) is 3.49. The summed E-state index contributed by atoms with van der Waals surface area (Å²) in [6.45, 7) is 1.32. The van der Waals surface area contributed by atoms with E-state index in [2.05, 4.69) is 5.32 Å². The van der Waals surface area contributed by atoms with E-state index in [4.69, 9.17) is 25.8 Å². The van der Waals surface area contributed by atoms with E-state index in [0.717, 1.165) is 9.87 Å². The summed E-state index contributed by atoms with van der Waals surface area (Å²) in [5, 5.41) is 2.99. The maximum atomic E-state index is 13.5. The molecule has 3 aromatic carbocycles. The number of hydrogen-bond donors (Lipinski definition) is 1. The summed E-state index contributed by atoms with van der Waals surface area (Å²) < 4.78 is 43.4. The van der Waals surface area contributed by atoms with Crippen molar-refractivity contribution in [3.63, 3.8) is 0 Å². The van der Waals surface area contributed by atoms with E-state index < -0.39 is 28.4 Å². The highest BCUT2D eigenvalue weighted by Crippen LogP contribution is 2.34. The van der Waals surface area contributed by atoms with Crippen LogP contribution in [0.5, 0.6) is 11.5 Å². The molecule has 0 spiro atoms. The van der Waals surface area contributed by atoms with Crippen LogP contribution < -0.4 is 14.8 Å². The summed E-state index contributed by atoms with van der Waals surface area (Å²) in [6.07, 6.45) is 0. The van der Waals surface area contributed by atoms with Gasteiger partial charge in [-0.3, -0.25) is 4.79 Å². The molecule has 1 amide bonds. The van der Waals surface area contributed by atoms with E-state index in [-0.39, 0.29) is 34.2 Å². The molecule has 0 radical (unpaired) electrons. The van der Waals surface area contributed by atoms with E-state index >= 15 is 0 Å². The second-order valence-corrected chi connectivity index (χ2v) is 10.4. The first-order chi connectivity index (χ1) is 17.6. The zero-order chi connectivity index (χ0) is 27.2. The van der Waals surface area contributed by atoms with E-state index in [1.54, 1.807) is 12.1 Å². The van der Waals surface area contributed by atoms with E-state index in [9.17, 15) is 18.0 Å². The molecule has 196 valence electrons. The SMILES string of the molecule is COC(=O)c1cc(OC)c(OC)cc1NC(=O)CN(Cc1ccc(C)cc1)S(=O)(=O)c1ccc(Cl)cc1. The van der Waals surface area contributed by atoms with Crippen LogP contribution in [0.4, 0.5) is 5.69 Å². The van der Waals surface area contributed by atoms with Crippen molar-refractivity contribution in [3.8, 4) is 11.5 Å². The van der Waals surface area contributed by atoms with Gasteiger partial charge in [0.05, 0.1) is 44.0 Å². The minimum absolute atomic E-state index is 0.0131. The normalized spacial score (nSPS) is 11.2. The highest BCUT2D eigenvalue weighted by Gasteiger charge is 2.28. The van der Waals surface area contributed by atoms with Crippen LogP contribution in [-0.2, 0) is 26.1 Å². The van der Waals surface area contributed by atoms with Crippen LogP contribution in [0.2, 0.25) is 5.02 Å². The topological polar surface area (TPSA) is 111 Å². The molecule has 0 saturated heterocycles. The van der Waals surface area contributed by atoms with Crippen LogP contribution in [0.3, 0.4) is 0 Å². The van der Waals surface area contributed by atoms with Gasteiger partial charge in [0.15, 0.2) is 11.5 Å². The number of methoxy groups -OCH3 is 3. The van der Waals surface area contributed by atoms with Crippen molar-refractivity contribution in [3.05, 3.63) is 82.4 Å². The Hall–Kier alpha value is -3.60. The standard InChI is InChI=1S/C26H27ClN2O7S/c1-17-5-7-18(8-6-17)15-29(37(32,33)20-11-9-19(27)10-12-20)16-25(30)28-22-14-24(35-3)23(34-2)13-21(22)26(31)36-4/h5-14H,15-16H2,1-4H3,(H,28,30). The lowest BCUT2D eigenvalue weighted by Crippen LogP contribution is -2.37. The van der Waals surface area contributed by atoms with E-state index in [1.165, 1.54) is 57.7 Å². The number of halogens is 1. The Morgan fingerprint density at radius 3 is 2.08 bits per heavy atom. The van der Waals surface area contributed by atoms with Gasteiger partial charge in [-0.25, -0.2) is 13.2 Å². The molecule has 0 atom stereocenters. The molecule has 3 rings (SSSR count). The smallest absolute Gasteiger partial charge is 0.340 e. The van der Waals surface area contributed by atoms with Gasteiger partial charge in [-0.2, -0.15) is 4.31 Å². The van der Waals surface area contributed by atoms with Gasteiger partial charge in [0, 0.05) is 23.7 Å². The van der Waals surface area contributed by atoms with Crippen molar-refractivity contribution in [2.24, 2.45) is 0 Å². The molecule has 3 aromatic rings. The number of carbonyl (C=O) groups is 2. The number of aryl methyl sites for hydroxylation is 1. The highest BCUT2D eigenvalue weighted by molar-refractivity contribution is 7.89. The lowest BCUT2D eigenvalue weighted by molar-refractivity contribution is -0.116. The Morgan fingerprint density at radius 2 is 1.51 bits per heavy atom. The van der Waals surface area contributed by atoms with Crippen LogP contribution >= 0.6 is 11.6 Å². The van der Waals surface area contributed by atoms with Crippen molar-refractivity contribution < 1.29 is 32.2 Å². The van der Waals surface area contributed by atoms with Crippen LogP contribution in [0.25, 0.3) is 0 Å². The minimum atomic E-state index is -4.09. The Labute approximate surface area is 221 Å². The molecule has 37 heavy (non-hydrogen) atoms. The number of nitrogens with zero attached hydrogens (tertiary/aromatic N) is 1. The van der Waals surface area contributed by atoms with Crippen molar-refractivity contribution in [2.75, 3.05) is 33.2 Å².